The van der Waals surface area contributed by atoms with Gasteiger partial charge in [-0.2, -0.15) is 0 Å². The molecule has 5 nitrogen and oxygen atoms in total. The summed E-state index contributed by atoms with van der Waals surface area (Å²) in [6.45, 7) is 4.07. The lowest BCUT2D eigenvalue weighted by molar-refractivity contribution is 0.476. The Morgan fingerprint density at radius 1 is 0.885 bits per heavy atom. The number of pyridine rings is 1. The molecule has 0 saturated carbocycles. The molecule has 0 aliphatic rings. The maximum absolute atomic E-state index is 9.94. The molecule has 2 aromatic carbocycles. The van der Waals surface area contributed by atoms with E-state index in [-0.39, 0.29) is 5.75 Å². The summed E-state index contributed by atoms with van der Waals surface area (Å²) < 4.78 is 1.92. The predicted octanol–water partition coefficient (Wildman–Crippen LogP) is 5.74. The zero-order chi connectivity index (χ0) is 18.1. The Balaban J connectivity index is 1.91. The number of aryl methyl sites for hydroxylation is 2. The molecule has 0 aliphatic carbocycles. The first-order chi connectivity index (χ1) is 12.6. The summed E-state index contributed by atoms with van der Waals surface area (Å²) in [7, 11) is 0. The third-order valence-corrected chi connectivity index (χ3v) is 4.28. The molecule has 128 valence electrons. The maximum atomic E-state index is 9.94. The Labute approximate surface area is 151 Å². The van der Waals surface area contributed by atoms with E-state index in [0.717, 1.165) is 22.5 Å². The van der Waals surface area contributed by atoms with E-state index in [1.807, 2.05) is 47.9 Å². The molecule has 0 bridgehead atoms. The number of para-hydroxylation sites is 1. The minimum absolute atomic E-state index is 0.0955. The zero-order valence-electron chi connectivity index (χ0n) is 14.6. The molecule has 0 atom stereocenters. The highest BCUT2D eigenvalue weighted by Crippen LogP contribution is 2.34. The number of benzene rings is 2. The van der Waals surface area contributed by atoms with Gasteiger partial charge in [-0.25, -0.2) is 4.98 Å². The van der Waals surface area contributed by atoms with E-state index >= 15 is 0 Å². The molecule has 0 spiro atoms. The van der Waals surface area contributed by atoms with Crippen molar-refractivity contribution in [2.45, 2.75) is 13.8 Å². The van der Waals surface area contributed by atoms with Crippen LogP contribution >= 0.6 is 0 Å². The average molecular weight is 342 g/mol. The monoisotopic (exact) mass is 342 g/mol. The predicted molar refractivity (Wildman–Crippen MR) is 102 cm³/mol. The van der Waals surface area contributed by atoms with Gasteiger partial charge in [0.25, 0.3) is 0 Å². The van der Waals surface area contributed by atoms with Crippen molar-refractivity contribution in [2.75, 3.05) is 0 Å². The lowest BCUT2D eigenvalue weighted by atomic mass is 10.1. The first-order valence-electron chi connectivity index (χ1n) is 8.38. The molecular formula is C21H18N4O. The Morgan fingerprint density at radius 2 is 1.65 bits per heavy atom. The number of azo groups is 1. The summed E-state index contributed by atoms with van der Waals surface area (Å²) >= 11 is 0. The minimum Gasteiger partial charge on any atom is -0.506 e. The zero-order valence-corrected chi connectivity index (χ0v) is 14.6. The largest absolute Gasteiger partial charge is 0.506 e. The van der Waals surface area contributed by atoms with Crippen LogP contribution in [0.4, 0.5) is 11.5 Å². The van der Waals surface area contributed by atoms with Crippen molar-refractivity contribution in [3.05, 3.63) is 78.0 Å². The fourth-order valence-electron chi connectivity index (χ4n) is 2.84. The van der Waals surface area contributed by atoms with E-state index in [4.69, 9.17) is 4.98 Å². The van der Waals surface area contributed by atoms with Gasteiger partial charge in [0.05, 0.1) is 0 Å². The maximum Gasteiger partial charge on any atom is 0.187 e. The first-order valence-corrected chi connectivity index (χ1v) is 8.38. The second-order valence-corrected chi connectivity index (χ2v) is 6.22. The van der Waals surface area contributed by atoms with E-state index in [1.54, 1.807) is 18.2 Å². The second-order valence-electron chi connectivity index (χ2n) is 6.22. The van der Waals surface area contributed by atoms with Gasteiger partial charge in [-0.3, -0.25) is 4.40 Å². The molecule has 0 amide bonds. The Hall–Kier alpha value is -3.47. The average Bonchev–Trinajstić information content (AvgIpc) is 3.02. The van der Waals surface area contributed by atoms with Gasteiger partial charge in [0.1, 0.15) is 22.8 Å². The summed E-state index contributed by atoms with van der Waals surface area (Å²) in [6, 6.07) is 19.0. The molecular weight excluding hydrogens is 324 g/mol. The summed E-state index contributed by atoms with van der Waals surface area (Å²) in [4.78, 5) is 4.79. The summed E-state index contributed by atoms with van der Waals surface area (Å²) in [5, 5.41) is 18.6. The smallest absolute Gasteiger partial charge is 0.187 e. The molecule has 0 saturated heterocycles. The molecule has 2 aromatic heterocycles. The highest BCUT2D eigenvalue weighted by molar-refractivity contribution is 5.75. The van der Waals surface area contributed by atoms with Crippen LogP contribution in [0.5, 0.6) is 5.75 Å². The van der Waals surface area contributed by atoms with Crippen molar-refractivity contribution in [1.29, 1.82) is 0 Å². The first kappa shape index (κ1) is 16.0. The summed E-state index contributed by atoms with van der Waals surface area (Å²) in [5.41, 5.74) is 5.25. The standard InChI is InChI=1S/C21H18N4O/c1-14-9-11-16(12-10-14)19-21(24-23-17-7-3-4-8-18(17)26)25-13-5-6-15(2)20(25)22-19/h3-13,26H,1-2H3. The van der Waals surface area contributed by atoms with Crippen molar-refractivity contribution in [1.82, 2.24) is 9.38 Å². The van der Waals surface area contributed by atoms with Gasteiger partial charge in [-0.15, -0.1) is 10.2 Å². The number of phenols is 1. The normalized spacial score (nSPS) is 11.5. The Bertz CT molecular complexity index is 1110. The lowest BCUT2D eigenvalue weighted by Crippen LogP contribution is -1.85. The second kappa shape index (κ2) is 6.44. The lowest BCUT2D eigenvalue weighted by Gasteiger charge is -2.01. The Morgan fingerprint density at radius 3 is 2.42 bits per heavy atom. The van der Waals surface area contributed by atoms with Gasteiger partial charge < -0.3 is 5.11 Å². The van der Waals surface area contributed by atoms with Crippen LogP contribution in [0.25, 0.3) is 16.9 Å². The van der Waals surface area contributed by atoms with E-state index in [9.17, 15) is 5.11 Å². The third-order valence-electron chi connectivity index (χ3n) is 4.28. The van der Waals surface area contributed by atoms with Crippen molar-refractivity contribution in [3.8, 4) is 17.0 Å². The molecule has 0 radical (unpaired) electrons. The number of rotatable bonds is 3. The van der Waals surface area contributed by atoms with Gasteiger partial charge >= 0.3 is 0 Å². The van der Waals surface area contributed by atoms with Crippen LogP contribution in [0, 0.1) is 13.8 Å². The number of aromatic nitrogens is 2. The van der Waals surface area contributed by atoms with E-state index in [2.05, 4.69) is 29.3 Å². The molecule has 1 N–H and O–H groups in total. The van der Waals surface area contributed by atoms with Gasteiger partial charge in [0.2, 0.25) is 0 Å². The molecule has 26 heavy (non-hydrogen) atoms. The summed E-state index contributed by atoms with van der Waals surface area (Å²) in [6.07, 6.45) is 1.92. The molecule has 0 fully saturated rings. The van der Waals surface area contributed by atoms with Crippen molar-refractivity contribution in [2.24, 2.45) is 10.2 Å². The number of hydrogen-bond acceptors (Lipinski definition) is 4. The van der Waals surface area contributed by atoms with Crippen LogP contribution in [0.3, 0.4) is 0 Å². The molecule has 4 aromatic rings. The SMILES string of the molecule is Cc1ccc(-c2nc3c(C)cccn3c2N=Nc2ccccc2O)cc1. The van der Waals surface area contributed by atoms with Crippen LogP contribution in [-0.4, -0.2) is 14.5 Å². The van der Waals surface area contributed by atoms with E-state index in [1.165, 1.54) is 5.56 Å². The number of imidazole rings is 1. The molecule has 5 heteroatoms. The number of phenolic OH excluding ortho intramolecular Hbond substituents is 1. The number of nitrogens with zero attached hydrogens (tertiary/aromatic N) is 4. The van der Waals surface area contributed by atoms with E-state index in [0.29, 0.717) is 11.5 Å². The van der Waals surface area contributed by atoms with Gasteiger partial charge in [0.15, 0.2) is 5.82 Å². The van der Waals surface area contributed by atoms with Crippen LogP contribution in [0.2, 0.25) is 0 Å². The van der Waals surface area contributed by atoms with Crippen LogP contribution in [0.1, 0.15) is 11.1 Å². The van der Waals surface area contributed by atoms with Crippen LogP contribution in [-0.2, 0) is 0 Å². The van der Waals surface area contributed by atoms with Gasteiger partial charge in [0, 0.05) is 11.8 Å². The van der Waals surface area contributed by atoms with E-state index < -0.39 is 0 Å². The van der Waals surface area contributed by atoms with Crippen molar-refractivity contribution >= 4 is 17.2 Å². The quantitative estimate of drug-likeness (QED) is 0.483. The third kappa shape index (κ3) is 2.84. The molecule has 0 unspecified atom stereocenters. The van der Waals surface area contributed by atoms with Crippen LogP contribution < -0.4 is 0 Å². The highest BCUT2D eigenvalue weighted by atomic mass is 16.3. The summed E-state index contributed by atoms with van der Waals surface area (Å²) in [5.74, 6) is 0.731. The fourth-order valence-corrected chi connectivity index (χ4v) is 2.84. The number of aromatic hydroxyl groups is 1. The van der Waals surface area contributed by atoms with Crippen molar-refractivity contribution < 1.29 is 5.11 Å². The van der Waals surface area contributed by atoms with Gasteiger partial charge in [-0.1, -0.05) is 48.0 Å². The molecule has 2 heterocycles. The topological polar surface area (TPSA) is 62.2 Å². The van der Waals surface area contributed by atoms with Crippen LogP contribution in [0.15, 0.2) is 77.1 Å². The Kier molecular flexibility index (Phi) is 3.97. The molecule has 4 rings (SSSR count). The van der Waals surface area contributed by atoms with Gasteiger partial charge in [-0.05, 0) is 37.6 Å². The minimum atomic E-state index is 0.0955. The fraction of sp³-hybridized carbons (Fsp3) is 0.0952. The molecule has 0 aliphatic heterocycles. The highest BCUT2D eigenvalue weighted by Gasteiger charge is 2.15. The van der Waals surface area contributed by atoms with Crippen molar-refractivity contribution in [3.63, 3.8) is 0 Å². The number of fused-ring (bicyclic) bond motifs is 1. The number of hydrogen-bond donors (Lipinski definition) is 1.